The first-order valence-corrected chi connectivity index (χ1v) is 5.02. The first-order valence-electron chi connectivity index (χ1n) is 5.02. The van der Waals surface area contributed by atoms with Crippen LogP contribution >= 0.6 is 0 Å². The van der Waals surface area contributed by atoms with Gasteiger partial charge in [-0.2, -0.15) is 0 Å². The van der Waals surface area contributed by atoms with E-state index >= 15 is 0 Å². The van der Waals surface area contributed by atoms with Gasteiger partial charge in [0, 0.05) is 13.1 Å². The lowest BCUT2D eigenvalue weighted by molar-refractivity contribution is -0.145. The van der Waals surface area contributed by atoms with Gasteiger partial charge in [0.2, 0.25) is 0 Å². The molecule has 1 amide bonds. The van der Waals surface area contributed by atoms with E-state index in [4.69, 9.17) is 5.73 Å². The molecule has 0 aromatic rings. The molecule has 0 aliphatic rings. The molecule has 7 nitrogen and oxygen atoms in total. The molecular weight excluding hydrogens is 216 g/mol. The second kappa shape index (κ2) is 8.93. The summed E-state index contributed by atoms with van der Waals surface area (Å²) in [5, 5.41) is 12.2. The predicted octanol–water partition coefficient (Wildman–Crippen LogP) is -1.01. The summed E-state index contributed by atoms with van der Waals surface area (Å²) in [6, 6.07) is 0. The third kappa shape index (κ3) is 9.22. The van der Waals surface area contributed by atoms with Crippen LogP contribution in [0.4, 0.5) is 4.79 Å². The van der Waals surface area contributed by atoms with E-state index in [2.05, 4.69) is 14.8 Å². The van der Waals surface area contributed by atoms with Crippen molar-refractivity contribution in [3.8, 4) is 0 Å². The minimum absolute atomic E-state index is 0.0580. The Balaban J connectivity index is 3.39. The highest BCUT2D eigenvalue weighted by molar-refractivity contribution is 5.69. The van der Waals surface area contributed by atoms with Crippen molar-refractivity contribution < 1.29 is 24.2 Å². The van der Waals surface area contributed by atoms with Gasteiger partial charge in [-0.1, -0.05) is 0 Å². The molecule has 7 heteroatoms. The van der Waals surface area contributed by atoms with Crippen LogP contribution in [0.25, 0.3) is 0 Å². The van der Waals surface area contributed by atoms with Crippen molar-refractivity contribution in [3.05, 3.63) is 0 Å². The van der Waals surface area contributed by atoms with Crippen LogP contribution in [0.1, 0.15) is 13.3 Å². The Morgan fingerprint density at radius 1 is 1.44 bits per heavy atom. The molecule has 0 spiro atoms. The number of hydrogen-bond acceptors (Lipinski definition) is 6. The highest BCUT2D eigenvalue weighted by Gasteiger charge is 2.10. The summed E-state index contributed by atoms with van der Waals surface area (Å²) < 4.78 is 9.11. The second-order valence-electron chi connectivity index (χ2n) is 3.03. The van der Waals surface area contributed by atoms with Crippen molar-refractivity contribution in [1.29, 1.82) is 0 Å². The van der Waals surface area contributed by atoms with Gasteiger partial charge in [0.25, 0.3) is 0 Å². The summed E-state index contributed by atoms with van der Waals surface area (Å²) in [7, 11) is 0. The highest BCUT2D eigenvalue weighted by atomic mass is 16.5. The van der Waals surface area contributed by atoms with Gasteiger partial charge in [-0.25, -0.2) is 4.79 Å². The van der Waals surface area contributed by atoms with Crippen LogP contribution < -0.4 is 11.1 Å². The maximum Gasteiger partial charge on any atom is 0.404 e. The molecule has 0 saturated heterocycles. The third-order valence-corrected chi connectivity index (χ3v) is 1.61. The van der Waals surface area contributed by atoms with E-state index < -0.39 is 18.2 Å². The molecule has 0 aliphatic carbocycles. The van der Waals surface area contributed by atoms with E-state index in [0.717, 1.165) is 0 Å². The van der Waals surface area contributed by atoms with E-state index in [1.807, 2.05) is 0 Å². The average molecular weight is 234 g/mol. The molecule has 94 valence electrons. The molecule has 0 bridgehead atoms. The monoisotopic (exact) mass is 234 g/mol. The fourth-order valence-electron chi connectivity index (χ4n) is 0.977. The summed E-state index contributed by atoms with van der Waals surface area (Å²) in [5.41, 5.74) is 4.73. The van der Waals surface area contributed by atoms with Crippen LogP contribution in [-0.4, -0.2) is 49.6 Å². The number of esters is 1. The normalized spacial score (nSPS) is 11.9. The van der Waals surface area contributed by atoms with Crippen molar-refractivity contribution in [3.63, 3.8) is 0 Å². The number of hydrogen-bond donors (Lipinski definition) is 3. The van der Waals surface area contributed by atoms with E-state index in [9.17, 15) is 14.7 Å². The Morgan fingerprint density at radius 3 is 2.69 bits per heavy atom. The molecule has 1 unspecified atom stereocenters. The fourth-order valence-corrected chi connectivity index (χ4v) is 0.977. The lowest BCUT2D eigenvalue weighted by Crippen LogP contribution is -2.32. The van der Waals surface area contributed by atoms with Gasteiger partial charge in [-0.15, -0.1) is 0 Å². The summed E-state index contributed by atoms with van der Waals surface area (Å²) >= 11 is 0. The number of amides is 1. The summed E-state index contributed by atoms with van der Waals surface area (Å²) in [6.45, 7) is 2.71. The number of rotatable bonds is 8. The number of aliphatic hydroxyl groups is 1. The molecule has 0 heterocycles. The van der Waals surface area contributed by atoms with Crippen molar-refractivity contribution in [2.45, 2.75) is 19.4 Å². The van der Waals surface area contributed by atoms with E-state index in [1.54, 1.807) is 6.92 Å². The van der Waals surface area contributed by atoms with Crippen LogP contribution in [0, 0.1) is 0 Å². The van der Waals surface area contributed by atoms with E-state index in [-0.39, 0.29) is 19.6 Å². The zero-order chi connectivity index (χ0) is 12.4. The molecule has 0 rings (SSSR count). The average Bonchev–Trinajstić information content (AvgIpc) is 2.16. The standard InChI is InChI=1S/C9H18N2O5/c1-2-15-8(13)5-7(12)6-11-3-4-16-9(10)14/h7,11-12H,2-6H2,1H3,(H2,10,14). The molecule has 0 aliphatic heterocycles. The maximum atomic E-state index is 10.9. The number of aliphatic hydroxyl groups excluding tert-OH is 1. The highest BCUT2D eigenvalue weighted by Crippen LogP contribution is 1.93. The van der Waals surface area contributed by atoms with Crippen molar-refractivity contribution >= 4 is 12.1 Å². The number of primary amides is 1. The van der Waals surface area contributed by atoms with Crippen LogP contribution in [0.3, 0.4) is 0 Å². The molecule has 0 aromatic heterocycles. The number of nitrogens with one attached hydrogen (secondary N) is 1. The van der Waals surface area contributed by atoms with Crippen molar-refractivity contribution in [2.24, 2.45) is 5.73 Å². The Bertz CT molecular complexity index is 222. The smallest absolute Gasteiger partial charge is 0.404 e. The van der Waals surface area contributed by atoms with Crippen LogP contribution in [0.2, 0.25) is 0 Å². The first kappa shape index (κ1) is 14.7. The molecule has 0 aromatic carbocycles. The first-order chi connectivity index (χ1) is 7.56. The Kier molecular flexibility index (Phi) is 8.18. The topological polar surface area (TPSA) is 111 Å². The summed E-state index contributed by atoms with van der Waals surface area (Å²) in [5.74, 6) is -0.440. The van der Waals surface area contributed by atoms with Gasteiger partial charge in [-0.3, -0.25) is 4.79 Å². The number of nitrogens with two attached hydrogens (primary N) is 1. The van der Waals surface area contributed by atoms with Crippen LogP contribution in [-0.2, 0) is 14.3 Å². The van der Waals surface area contributed by atoms with Crippen molar-refractivity contribution in [2.75, 3.05) is 26.3 Å². The third-order valence-electron chi connectivity index (χ3n) is 1.61. The Labute approximate surface area is 93.9 Å². The lowest BCUT2D eigenvalue weighted by atomic mass is 10.2. The molecule has 4 N–H and O–H groups in total. The van der Waals surface area contributed by atoms with E-state index in [0.29, 0.717) is 13.2 Å². The Morgan fingerprint density at radius 2 is 2.12 bits per heavy atom. The van der Waals surface area contributed by atoms with Gasteiger partial charge in [-0.05, 0) is 6.92 Å². The quantitative estimate of drug-likeness (QED) is 0.366. The fraction of sp³-hybridized carbons (Fsp3) is 0.778. The van der Waals surface area contributed by atoms with Gasteiger partial charge in [0.05, 0.1) is 19.1 Å². The maximum absolute atomic E-state index is 10.9. The molecule has 16 heavy (non-hydrogen) atoms. The molecule has 1 atom stereocenters. The minimum atomic E-state index is -0.839. The van der Waals surface area contributed by atoms with Crippen LogP contribution in [0.15, 0.2) is 0 Å². The van der Waals surface area contributed by atoms with Gasteiger partial charge in [0.1, 0.15) is 6.61 Å². The second-order valence-corrected chi connectivity index (χ2v) is 3.03. The van der Waals surface area contributed by atoms with E-state index in [1.165, 1.54) is 0 Å². The summed E-state index contributed by atoms with van der Waals surface area (Å²) in [4.78, 5) is 21.1. The van der Waals surface area contributed by atoms with Gasteiger partial charge in [0.15, 0.2) is 0 Å². The van der Waals surface area contributed by atoms with Gasteiger partial charge < -0.3 is 25.6 Å². The summed E-state index contributed by atoms with van der Waals surface area (Å²) in [6.07, 6.45) is -1.71. The zero-order valence-corrected chi connectivity index (χ0v) is 9.27. The Hall–Kier alpha value is -1.34. The molecule has 0 radical (unpaired) electrons. The predicted molar refractivity (Wildman–Crippen MR) is 55.7 cm³/mol. The lowest BCUT2D eigenvalue weighted by Gasteiger charge is -2.10. The number of carbonyl (C=O) groups excluding carboxylic acids is 2. The molecular formula is C9H18N2O5. The zero-order valence-electron chi connectivity index (χ0n) is 9.27. The largest absolute Gasteiger partial charge is 0.466 e. The molecule has 0 saturated carbocycles. The van der Waals surface area contributed by atoms with Crippen LogP contribution in [0.5, 0.6) is 0 Å². The SMILES string of the molecule is CCOC(=O)CC(O)CNCCOC(N)=O. The van der Waals surface area contributed by atoms with Gasteiger partial charge >= 0.3 is 12.1 Å². The minimum Gasteiger partial charge on any atom is -0.466 e. The number of carbonyl (C=O) groups is 2. The van der Waals surface area contributed by atoms with Crippen molar-refractivity contribution in [1.82, 2.24) is 5.32 Å². The number of ether oxygens (including phenoxy) is 2. The molecule has 0 fully saturated rings.